The summed E-state index contributed by atoms with van der Waals surface area (Å²) in [6.07, 6.45) is 4.28. The van der Waals surface area contributed by atoms with Gasteiger partial charge in [-0.1, -0.05) is 6.07 Å². The van der Waals surface area contributed by atoms with Crippen molar-refractivity contribution in [3.63, 3.8) is 0 Å². The van der Waals surface area contributed by atoms with E-state index in [4.69, 9.17) is 4.74 Å². The van der Waals surface area contributed by atoms with Gasteiger partial charge >= 0.3 is 0 Å². The molecule has 9 nitrogen and oxygen atoms in total. The Labute approximate surface area is 216 Å². The minimum Gasteiger partial charge on any atom is -0.490 e. The summed E-state index contributed by atoms with van der Waals surface area (Å²) in [6.45, 7) is 6.13. The minimum absolute atomic E-state index is 0.189. The Bertz CT molecular complexity index is 1500. The van der Waals surface area contributed by atoms with Gasteiger partial charge in [-0.15, -0.1) is 0 Å². The average Bonchev–Trinajstić information content (AvgIpc) is 3.25. The molecule has 0 radical (unpaired) electrons. The van der Waals surface area contributed by atoms with Crippen LogP contribution in [0.25, 0.3) is 16.7 Å². The van der Waals surface area contributed by atoms with Crippen molar-refractivity contribution >= 4 is 38.4 Å². The number of sulfonamides is 1. The highest BCUT2D eigenvalue weighted by atomic mass is 32.2. The molecule has 0 spiro atoms. The fourth-order valence-corrected chi connectivity index (χ4v) is 4.21. The normalized spacial score (nSPS) is 12.0. The fourth-order valence-electron chi connectivity index (χ4n) is 3.47. The molecule has 0 fully saturated rings. The number of halogens is 1. The van der Waals surface area contributed by atoms with Gasteiger partial charge in [0.15, 0.2) is 11.6 Å². The zero-order valence-electron chi connectivity index (χ0n) is 21.2. The number of nitrogens with one attached hydrogen (secondary N) is 3. The van der Waals surface area contributed by atoms with Crippen LogP contribution in [-0.2, 0) is 10.0 Å². The Kier molecular flexibility index (Phi) is 7.65. The second-order valence-corrected chi connectivity index (χ2v) is 11.9. The third kappa shape index (κ3) is 6.17. The molecule has 11 heteroatoms. The molecule has 196 valence electrons. The predicted octanol–water partition coefficient (Wildman–Crippen LogP) is 4.83. The van der Waals surface area contributed by atoms with Gasteiger partial charge in [-0.3, -0.25) is 4.72 Å². The smallest absolute Gasteiger partial charge is 0.237 e. The zero-order chi connectivity index (χ0) is 26.6. The monoisotopic (exact) mass is 526 g/mol. The molecule has 2 heterocycles. The quantitative estimate of drug-likeness (QED) is 0.254. The minimum atomic E-state index is -3.57. The first-order chi connectivity index (χ1) is 17.6. The van der Waals surface area contributed by atoms with E-state index < -0.39 is 20.6 Å². The van der Waals surface area contributed by atoms with Crippen molar-refractivity contribution in [3.05, 3.63) is 66.7 Å². The van der Waals surface area contributed by atoms with E-state index in [1.54, 1.807) is 57.3 Å². The first-order valence-corrected chi connectivity index (χ1v) is 13.4. The topological polar surface area (TPSA) is 110 Å². The maximum atomic E-state index is 14.5. The van der Waals surface area contributed by atoms with E-state index in [0.717, 1.165) is 24.0 Å². The van der Waals surface area contributed by atoms with Crippen LogP contribution >= 0.6 is 0 Å². The van der Waals surface area contributed by atoms with Crippen LogP contribution < -0.4 is 20.1 Å². The third-order valence-electron chi connectivity index (χ3n) is 5.63. The van der Waals surface area contributed by atoms with Crippen molar-refractivity contribution in [3.8, 4) is 11.4 Å². The van der Waals surface area contributed by atoms with Crippen LogP contribution in [0.3, 0.4) is 0 Å². The average molecular weight is 527 g/mol. The molecule has 4 aromatic rings. The summed E-state index contributed by atoms with van der Waals surface area (Å²) in [4.78, 5) is 8.95. The van der Waals surface area contributed by atoms with E-state index in [1.807, 2.05) is 29.9 Å². The van der Waals surface area contributed by atoms with Crippen LogP contribution in [0, 0.1) is 5.82 Å². The van der Waals surface area contributed by atoms with Crippen LogP contribution in [0.15, 0.2) is 60.9 Å². The molecular weight excluding hydrogens is 495 g/mol. The second-order valence-electron chi connectivity index (χ2n) is 9.50. The maximum absolute atomic E-state index is 14.5. The number of nitrogens with zero attached hydrogens (tertiary/aromatic N) is 3. The van der Waals surface area contributed by atoms with Gasteiger partial charge in [-0.05, 0) is 77.2 Å². The van der Waals surface area contributed by atoms with E-state index in [0.29, 0.717) is 29.6 Å². The molecule has 3 N–H and O–H groups in total. The highest BCUT2D eigenvalue weighted by Crippen LogP contribution is 2.26. The zero-order valence-corrected chi connectivity index (χ0v) is 22.1. The van der Waals surface area contributed by atoms with Crippen molar-refractivity contribution in [2.45, 2.75) is 31.9 Å². The summed E-state index contributed by atoms with van der Waals surface area (Å²) in [5.41, 5.74) is 2.26. The van der Waals surface area contributed by atoms with Crippen LogP contribution in [0.5, 0.6) is 5.75 Å². The van der Waals surface area contributed by atoms with Gasteiger partial charge in [0, 0.05) is 35.2 Å². The first kappa shape index (κ1) is 26.4. The predicted molar refractivity (Wildman–Crippen MR) is 145 cm³/mol. The molecule has 0 aliphatic carbocycles. The Morgan fingerprint density at radius 2 is 1.89 bits per heavy atom. The summed E-state index contributed by atoms with van der Waals surface area (Å²) in [6, 6.07) is 13.5. The molecule has 0 bridgehead atoms. The van der Waals surface area contributed by atoms with Gasteiger partial charge in [0.05, 0.1) is 17.0 Å². The van der Waals surface area contributed by atoms with Crippen molar-refractivity contribution in [2.24, 2.45) is 0 Å². The summed E-state index contributed by atoms with van der Waals surface area (Å²) < 4.78 is 48.7. The molecule has 0 amide bonds. The Morgan fingerprint density at radius 1 is 1.08 bits per heavy atom. The van der Waals surface area contributed by atoms with E-state index in [2.05, 4.69) is 25.3 Å². The van der Waals surface area contributed by atoms with Gasteiger partial charge in [-0.25, -0.2) is 17.8 Å². The molecule has 0 atom stereocenters. The molecule has 4 rings (SSSR count). The number of benzene rings is 2. The number of hydrogen-bond donors (Lipinski definition) is 3. The highest BCUT2D eigenvalue weighted by molar-refractivity contribution is 7.94. The van der Waals surface area contributed by atoms with Crippen LogP contribution in [0.1, 0.15) is 27.2 Å². The summed E-state index contributed by atoms with van der Waals surface area (Å²) in [7, 11) is -1.72. The lowest BCUT2D eigenvalue weighted by Crippen LogP contribution is -2.33. The molecule has 0 aliphatic heterocycles. The molecule has 2 aromatic heterocycles. The van der Waals surface area contributed by atoms with Crippen molar-refractivity contribution in [1.29, 1.82) is 0 Å². The van der Waals surface area contributed by atoms with E-state index >= 15 is 0 Å². The third-order valence-corrected chi connectivity index (χ3v) is 7.74. The van der Waals surface area contributed by atoms with Gasteiger partial charge in [0.1, 0.15) is 5.65 Å². The van der Waals surface area contributed by atoms with Gasteiger partial charge in [-0.2, -0.15) is 4.98 Å². The van der Waals surface area contributed by atoms with Gasteiger partial charge in [0.25, 0.3) is 0 Å². The fraction of sp³-hybridized carbons (Fsp3) is 0.308. The lowest BCUT2D eigenvalue weighted by Gasteiger charge is -2.20. The molecule has 37 heavy (non-hydrogen) atoms. The standard InChI is InChI=1S/C26H31FN6O3S/c1-26(2,3)37(34,35)32-20-7-5-8-21(15-20)33-13-11-18-17-29-25(31-24(18)33)30-19-9-10-23(22(27)16-19)36-14-6-12-28-4/h5,7-11,13,15-17,28,32H,6,12,14H2,1-4H3,(H,29,30,31). The number of ether oxygens (including phenoxy) is 1. The van der Waals surface area contributed by atoms with Gasteiger partial charge < -0.3 is 19.9 Å². The number of aromatic nitrogens is 3. The SMILES string of the molecule is CNCCCOc1ccc(Nc2ncc3ccn(-c4cccc(NS(=O)(=O)C(C)(C)C)c4)c3n2)cc1F. The summed E-state index contributed by atoms with van der Waals surface area (Å²) >= 11 is 0. The maximum Gasteiger partial charge on any atom is 0.237 e. The van der Waals surface area contributed by atoms with Crippen molar-refractivity contribution in [1.82, 2.24) is 19.9 Å². The highest BCUT2D eigenvalue weighted by Gasteiger charge is 2.29. The van der Waals surface area contributed by atoms with E-state index in [9.17, 15) is 12.8 Å². The number of anilines is 3. The van der Waals surface area contributed by atoms with Crippen LogP contribution in [-0.4, -0.2) is 47.9 Å². The summed E-state index contributed by atoms with van der Waals surface area (Å²) in [5, 5.41) is 6.85. The molecule has 0 aliphatic rings. The van der Waals surface area contributed by atoms with Crippen molar-refractivity contribution in [2.75, 3.05) is 30.2 Å². The molecule has 0 saturated heterocycles. The lowest BCUT2D eigenvalue weighted by molar-refractivity contribution is 0.295. The molecule has 2 aromatic carbocycles. The summed E-state index contributed by atoms with van der Waals surface area (Å²) in [5.74, 6) is 0.00132. The van der Waals surface area contributed by atoms with E-state index in [-0.39, 0.29) is 5.75 Å². The largest absolute Gasteiger partial charge is 0.490 e. The van der Waals surface area contributed by atoms with Crippen LogP contribution in [0.4, 0.5) is 21.7 Å². The Hall–Kier alpha value is -3.70. The van der Waals surface area contributed by atoms with Gasteiger partial charge in [0.2, 0.25) is 16.0 Å². The Balaban J connectivity index is 1.56. The van der Waals surface area contributed by atoms with Crippen molar-refractivity contribution < 1.29 is 17.5 Å². The Morgan fingerprint density at radius 3 is 2.62 bits per heavy atom. The second kappa shape index (κ2) is 10.7. The molecular formula is C26H31FN6O3S. The first-order valence-electron chi connectivity index (χ1n) is 11.9. The molecule has 0 unspecified atom stereocenters. The van der Waals surface area contributed by atoms with Crippen LogP contribution in [0.2, 0.25) is 0 Å². The van der Waals surface area contributed by atoms with E-state index in [1.165, 1.54) is 6.07 Å². The molecule has 0 saturated carbocycles. The number of hydrogen-bond acceptors (Lipinski definition) is 7. The number of fused-ring (bicyclic) bond motifs is 1. The lowest BCUT2D eigenvalue weighted by atomic mass is 10.3. The number of rotatable bonds is 10.